The lowest BCUT2D eigenvalue weighted by atomic mass is 10.2. The second kappa shape index (κ2) is 6.44. The van der Waals surface area contributed by atoms with Crippen molar-refractivity contribution < 1.29 is 9.53 Å². The topological polar surface area (TPSA) is 65.4 Å². The molecule has 106 valence electrons. The van der Waals surface area contributed by atoms with Crippen LogP contribution in [0.4, 0.5) is 16.2 Å². The molecule has 5 heteroatoms. The molecule has 0 unspecified atom stereocenters. The van der Waals surface area contributed by atoms with Gasteiger partial charge in [-0.05, 0) is 36.4 Å². The highest BCUT2D eigenvalue weighted by molar-refractivity contribution is 6.02. The summed E-state index contributed by atoms with van der Waals surface area (Å²) in [6.45, 7) is 0. The molecule has 0 bridgehead atoms. The minimum absolute atomic E-state index is 0.317. The Labute approximate surface area is 123 Å². The van der Waals surface area contributed by atoms with Crippen molar-refractivity contribution in [1.82, 2.24) is 0 Å². The molecule has 0 heterocycles. The van der Waals surface area contributed by atoms with Crippen LogP contribution in [0.25, 0.3) is 0 Å². The van der Waals surface area contributed by atoms with E-state index in [0.29, 0.717) is 16.9 Å². The third-order valence-corrected chi connectivity index (χ3v) is 3.03. The van der Waals surface area contributed by atoms with Gasteiger partial charge in [0.2, 0.25) is 0 Å². The van der Waals surface area contributed by atoms with Gasteiger partial charge in [0.1, 0.15) is 11.8 Å². The fraction of sp³-hybridized carbons (Fsp3) is 0.125. The number of rotatable bonds is 3. The number of nitrogens with one attached hydrogen (secondary N) is 1. The van der Waals surface area contributed by atoms with Crippen molar-refractivity contribution in [2.45, 2.75) is 0 Å². The van der Waals surface area contributed by atoms with E-state index in [9.17, 15) is 4.79 Å². The Bertz CT molecular complexity index is 675. The van der Waals surface area contributed by atoms with Crippen molar-refractivity contribution in [3.05, 3.63) is 54.1 Å². The monoisotopic (exact) mass is 281 g/mol. The second-order valence-corrected chi connectivity index (χ2v) is 4.35. The number of ether oxygens (including phenoxy) is 1. The number of para-hydroxylation sites is 1. The van der Waals surface area contributed by atoms with E-state index in [0.717, 1.165) is 5.75 Å². The van der Waals surface area contributed by atoms with E-state index in [1.807, 2.05) is 0 Å². The SMILES string of the molecule is COc1ccc(NC(=O)N(C)c2ccccc2C#N)cc1. The predicted molar refractivity (Wildman–Crippen MR) is 81.6 cm³/mol. The van der Waals surface area contributed by atoms with Gasteiger partial charge in [0.15, 0.2) is 0 Å². The van der Waals surface area contributed by atoms with Crippen molar-refractivity contribution in [2.75, 3.05) is 24.4 Å². The minimum atomic E-state index is -0.317. The van der Waals surface area contributed by atoms with Crippen LogP contribution in [0.3, 0.4) is 0 Å². The quantitative estimate of drug-likeness (QED) is 0.939. The lowest BCUT2D eigenvalue weighted by molar-refractivity contribution is 0.258. The summed E-state index contributed by atoms with van der Waals surface area (Å²) in [6, 6.07) is 15.7. The number of benzene rings is 2. The molecule has 0 aromatic heterocycles. The summed E-state index contributed by atoms with van der Waals surface area (Å²) in [5, 5.41) is 11.8. The average molecular weight is 281 g/mol. The van der Waals surface area contributed by atoms with Gasteiger partial charge < -0.3 is 10.1 Å². The average Bonchev–Trinajstić information content (AvgIpc) is 2.54. The van der Waals surface area contributed by atoms with E-state index in [4.69, 9.17) is 10.00 Å². The number of nitrogens with zero attached hydrogens (tertiary/aromatic N) is 2. The first-order valence-corrected chi connectivity index (χ1v) is 6.33. The zero-order valence-electron chi connectivity index (χ0n) is 11.8. The highest BCUT2D eigenvalue weighted by Crippen LogP contribution is 2.20. The molecule has 0 saturated carbocycles. The molecule has 0 atom stereocenters. The van der Waals surface area contributed by atoms with Gasteiger partial charge >= 0.3 is 6.03 Å². The maximum absolute atomic E-state index is 12.2. The lowest BCUT2D eigenvalue weighted by Crippen LogP contribution is -2.31. The smallest absolute Gasteiger partial charge is 0.326 e. The van der Waals surface area contributed by atoms with Gasteiger partial charge in [-0.25, -0.2) is 4.79 Å². The summed E-state index contributed by atoms with van der Waals surface area (Å²) in [4.78, 5) is 13.6. The zero-order chi connectivity index (χ0) is 15.2. The molecule has 0 radical (unpaired) electrons. The first kappa shape index (κ1) is 14.4. The first-order valence-electron chi connectivity index (χ1n) is 6.33. The number of nitriles is 1. The highest BCUT2D eigenvalue weighted by atomic mass is 16.5. The second-order valence-electron chi connectivity index (χ2n) is 4.35. The Balaban J connectivity index is 2.14. The summed E-state index contributed by atoms with van der Waals surface area (Å²) in [5.74, 6) is 0.719. The van der Waals surface area contributed by atoms with Gasteiger partial charge in [-0.2, -0.15) is 5.26 Å². The van der Waals surface area contributed by atoms with Gasteiger partial charge in [0.25, 0.3) is 0 Å². The van der Waals surface area contributed by atoms with Crippen LogP contribution in [0.2, 0.25) is 0 Å². The number of methoxy groups -OCH3 is 1. The summed E-state index contributed by atoms with van der Waals surface area (Å²) < 4.78 is 5.06. The van der Waals surface area contributed by atoms with Crippen LogP contribution in [-0.2, 0) is 0 Å². The summed E-state index contributed by atoms with van der Waals surface area (Å²) in [5.41, 5.74) is 1.66. The Morgan fingerprint density at radius 1 is 1.19 bits per heavy atom. The van der Waals surface area contributed by atoms with Crippen LogP contribution < -0.4 is 15.0 Å². The van der Waals surface area contributed by atoms with Crippen molar-refractivity contribution in [3.63, 3.8) is 0 Å². The molecular formula is C16H15N3O2. The molecule has 0 spiro atoms. The van der Waals surface area contributed by atoms with Gasteiger partial charge in [-0.3, -0.25) is 4.90 Å². The highest BCUT2D eigenvalue weighted by Gasteiger charge is 2.14. The Morgan fingerprint density at radius 2 is 1.86 bits per heavy atom. The van der Waals surface area contributed by atoms with Gasteiger partial charge in [0, 0.05) is 12.7 Å². The third kappa shape index (κ3) is 3.31. The first-order chi connectivity index (χ1) is 10.2. The molecule has 0 aliphatic carbocycles. The Hall–Kier alpha value is -3.00. The van der Waals surface area contributed by atoms with Crippen LogP contribution in [0.1, 0.15) is 5.56 Å². The molecule has 0 aliphatic rings. The number of urea groups is 1. The molecule has 2 aromatic carbocycles. The molecule has 1 N–H and O–H groups in total. The van der Waals surface area contributed by atoms with Gasteiger partial charge in [-0.15, -0.1) is 0 Å². The summed E-state index contributed by atoms with van der Waals surface area (Å²) >= 11 is 0. The molecule has 21 heavy (non-hydrogen) atoms. The number of hydrogen-bond acceptors (Lipinski definition) is 3. The maximum Gasteiger partial charge on any atom is 0.326 e. The molecule has 0 saturated heterocycles. The Kier molecular flexibility index (Phi) is 4.42. The van der Waals surface area contributed by atoms with E-state index in [2.05, 4.69) is 11.4 Å². The van der Waals surface area contributed by atoms with Crippen LogP contribution >= 0.6 is 0 Å². The van der Waals surface area contributed by atoms with E-state index < -0.39 is 0 Å². The van der Waals surface area contributed by atoms with E-state index in [1.54, 1.807) is 62.7 Å². The Morgan fingerprint density at radius 3 is 2.48 bits per heavy atom. The molecule has 0 fully saturated rings. The zero-order valence-corrected chi connectivity index (χ0v) is 11.8. The number of carbonyl (C=O) groups is 1. The van der Waals surface area contributed by atoms with Crippen molar-refractivity contribution in [2.24, 2.45) is 0 Å². The van der Waals surface area contributed by atoms with Crippen LogP contribution in [0.15, 0.2) is 48.5 Å². The van der Waals surface area contributed by atoms with E-state index in [1.165, 1.54) is 4.90 Å². The number of carbonyl (C=O) groups excluding carboxylic acids is 1. The largest absolute Gasteiger partial charge is 0.497 e. The molecular weight excluding hydrogens is 266 g/mol. The molecule has 2 amide bonds. The molecule has 0 aliphatic heterocycles. The maximum atomic E-state index is 12.2. The minimum Gasteiger partial charge on any atom is -0.497 e. The summed E-state index contributed by atoms with van der Waals surface area (Å²) in [7, 11) is 3.20. The normalized spacial score (nSPS) is 9.57. The fourth-order valence-electron chi connectivity index (χ4n) is 1.85. The predicted octanol–water partition coefficient (Wildman–Crippen LogP) is 3.24. The van der Waals surface area contributed by atoms with Crippen LogP contribution in [0.5, 0.6) is 5.75 Å². The third-order valence-electron chi connectivity index (χ3n) is 3.03. The molecule has 2 aromatic rings. The van der Waals surface area contributed by atoms with Gasteiger partial charge in [0.05, 0.1) is 18.4 Å². The lowest BCUT2D eigenvalue weighted by Gasteiger charge is -2.19. The number of hydrogen-bond donors (Lipinski definition) is 1. The van der Waals surface area contributed by atoms with Crippen molar-refractivity contribution in [3.8, 4) is 11.8 Å². The molecule has 5 nitrogen and oxygen atoms in total. The van der Waals surface area contributed by atoms with Crippen LogP contribution in [-0.4, -0.2) is 20.2 Å². The number of anilines is 2. The summed E-state index contributed by atoms with van der Waals surface area (Å²) in [6.07, 6.45) is 0. The van der Waals surface area contributed by atoms with Crippen molar-refractivity contribution in [1.29, 1.82) is 5.26 Å². The van der Waals surface area contributed by atoms with Gasteiger partial charge in [-0.1, -0.05) is 12.1 Å². The fourth-order valence-corrected chi connectivity index (χ4v) is 1.85. The van der Waals surface area contributed by atoms with Crippen molar-refractivity contribution >= 4 is 17.4 Å². The molecule has 2 rings (SSSR count). The van der Waals surface area contributed by atoms with E-state index >= 15 is 0 Å². The van der Waals surface area contributed by atoms with E-state index in [-0.39, 0.29) is 6.03 Å². The standard InChI is InChI=1S/C16H15N3O2/c1-19(15-6-4-3-5-12(15)11-17)16(20)18-13-7-9-14(21-2)10-8-13/h3-10H,1-2H3,(H,18,20). The number of amides is 2. The van der Waals surface area contributed by atoms with Crippen LogP contribution in [0, 0.1) is 11.3 Å².